The molecule has 29 rings (SSSR count). The molecule has 0 atom stereocenters. The smallest absolute Gasteiger partial charge is 0.165 e. The van der Waals surface area contributed by atoms with Gasteiger partial charge in [-0.1, -0.05) is 376 Å². The zero-order valence-electron chi connectivity index (χ0n) is 75.2. The molecule has 0 aliphatic heterocycles. The molecule has 0 aliphatic carbocycles. The normalized spacial score (nSPS) is 11.7. The maximum absolute atomic E-state index is 6.46. The van der Waals surface area contributed by atoms with Crippen LogP contribution in [-0.4, -0.2) is 44.4 Å². The lowest BCUT2D eigenvalue weighted by molar-refractivity contribution is 0.669. The average Bonchev–Trinajstić information content (AvgIpc) is 1.54. The molecule has 0 amide bonds. The molecule has 7 aromatic heterocycles. The highest BCUT2D eigenvalue weighted by Gasteiger charge is 2.27. The van der Waals surface area contributed by atoms with E-state index in [2.05, 4.69) is 429 Å². The quantitative estimate of drug-likeness (QED) is 0.123. The minimum absolute atomic E-state index is 0.602. The van der Waals surface area contributed by atoms with Crippen molar-refractivity contribution in [2.45, 2.75) is 0 Å². The first kappa shape index (κ1) is 81.0. The van der Waals surface area contributed by atoms with Crippen LogP contribution in [0, 0.1) is 0 Å². The van der Waals surface area contributed by atoms with Crippen molar-refractivity contribution in [2.75, 3.05) is 0 Å². The molecule has 0 aliphatic rings. The average molecular weight is 1810 g/mol. The predicted molar refractivity (Wildman–Crippen MR) is 580 cm³/mol. The summed E-state index contributed by atoms with van der Waals surface area (Å²) in [5.74, 6) is 3.67. The van der Waals surface area contributed by atoms with Crippen molar-refractivity contribution in [3.05, 3.63) is 467 Å². The summed E-state index contributed by atoms with van der Waals surface area (Å²) in [5, 5.41) is 22.6. The number of fused-ring (bicyclic) bond motifs is 19. The molecule has 140 heavy (non-hydrogen) atoms. The van der Waals surface area contributed by atoms with Gasteiger partial charge in [-0.05, 0) is 178 Å². The maximum atomic E-state index is 6.46. The molecule has 12 heteroatoms. The van der Waals surface area contributed by atoms with Gasteiger partial charge in [-0.15, -0.1) is 11.3 Å². The number of hydrogen-bond donors (Lipinski definition) is 0. The van der Waals surface area contributed by atoms with Crippen molar-refractivity contribution in [2.24, 2.45) is 0 Å². The minimum atomic E-state index is 0.602. The van der Waals surface area contributed by atoms with Gasteiger partial charge in [0, 0.05) is 103 Å². The van der Waals surface area contributed by atoms with Crippen molar-refractivity contribution < 1.29 is 8.83 Å². The van der Waals surface area contributed by atoms with Gasteiger partial charge in [-0.3, -0.25) is 0 Å². The van der Waals surface area contributed by atoms with E-state index in [0.29, 0.717) is 34.9 Å². The number of furan rings is 2. The summed E-state index contributed by atoms with van der Waals surface area (Å²) >= 11 is 1.86. The highest BCUT2D eigenvalue weighted by molar-refractivity contribution is 7.26. The number of nitrogens with zero attached hydrogens (tertiary/aromatic N) is 9. The molecular formula is C128H77N9O2S. The highest BCUT2D eigenvalue weighted by atomic mass is 32.1. The topological polar surface area (TPSA) is 134 Å². The van der Waals surface area contributed by atoms with E-state index in [-0.39, 0.29) is 0 Å². The van der Waals surface area contributed by atoms with Crippen LogP contribution in [0.2, 0.25) is 0 Å². The van der Waals surface area contributed by atoms with Gasteiger partial charge in [0.05, 0.1) is 33.5 Å². The monoisotopic (exact) mass is 1800 g/mol. The lowest BCUT2D eigenvalue weighted by Crippen LogP contribution is -2.01. The number of aromatic nitrogens is 9. The summed E-state index contributed by atoms with van der Waals surface area (Å²) in [6, 6.07) is 163. The Bertz CT molecular complexity index is 10100. The third-order valence-electron chi connectivity index (χ3n) is 27.1. The summed E-state index contributed by atoms with van der Waals surface area (Å²) in [5.41, 5.74) is 22.7. The fraction of sp³-hybridized carbons (Fsp3) is 0. The fourth-order valence-electron chi connectivity index (χ4n) is 20.7. The van der Waals surface area contributed by atoms with Crippen LogP contribution in [0.25, 0.3) is 280 Å². The van der Waals surface area contributed by atoms with Gasteiger partial charge < -0.3 is 13.4 Å². The lowest BCUT2D eigenvalue weighted by Gasteiger charge is -2.14. The largest absolute Gasteiger partial charge is 0.456 e. The Morgan fingerprint density at radius 1 is 0.186 bits per heavy atom. The molecular weight excluding hydrogens is 1730 g/mol. The van der Waals surface area contributed by atoms with E-state index >= 15 is 0 Å². The molecule has 22 aromatic carbocycles. The van der Waals surface area contributed by atoms with Gasteiger partial charge in [0.1, 0.15) is 22.3 Å². The van der Waals surface area contributed by atoms with Crippen molar-refractivity contribution in [1.82, 2.24) is 44.4 Å². The summed E-state index contributed by atoms with van der Waals surface area (Å²) in [7, 11) is 0. The Morgan fingerprint density at radius 3 is 1.15 bits per heavy atom. The van der Waals surface area contributed by atoms with E-state index in [1.807, 2.05) is 53.8 Å². The minimum Gasteiger partial charge on any atom is -0.456 e. The molecule has 0 saturated carbocycles. The summed E-state index contributed by atoms with van der Waals surface area (Å²) in [6.07, 6.45) is 0. The zero-order chi connectivity index (χ0) is 92.2. The van der Waals surface area contributed by atoms with Crippen molar-refractivity contribution in [3.63, 3.8) is 0 Å². The van der Waals surface area contributed by atoms with E-state index in [4.69, 9.17) is 48.7 Å². The zero-order valence-corrected chi connectivity index (χ0v) is 76.0. The van der Waals surface area contributed by atoms with Gasteiger partial charge in [-0.2, -0.15) is 0 Å². The van der Waals surface area contributed by atoms with E-state index < -0.39 is 0 Å². The van der Waals surface area contributed by atoms with Crippen LogP contribution in [-0.2, 0) is 0 Å². The van der Waals surface area contributed by atoms with Crippen molar-refractivity contribution in [3.8, 4) is 119 Å². The summed E-state index contributed by atoms with van der Waals surface area (Å²) in [6.45, 7) is 0. The first-order valence-electron chi connectivity index (χ1n) is 47.0. The fourth-order valence-corrected chi connectivity index (χ4v) is 21.9. The lowest BCUT2D eigenvalue weighted by atomic mass is 9.93. The van der Waals surface area contributed by atoms with Crippen LogP contribution in [0.4, 0.5) is 0 Å². The Morgan fingerprint density at radius 2 is 0.579 bits per heavy atom. The van der Waals surface area contributed by atoms with Gasteiger partial charge >= 0.3 is 0 Å². The van der Waals surface area contributed by atoms with Gasteiger partial charge in [0.25, 0.3) is 0 Å². The van der Waals surface area contributed by atoms with Crippen LogP contribution < -0.4 is 0 Å². The SMILES string of the molecule is c1ccc(-c2ccc(-c3nc(-c4ccc5ccccc5c4)nc(-c4c5ccccc5cc5oc6ccccc6c45)n3)c3ccccc23)cc1.c1ccc(-c2nc3ccc(-c4c5ccccc5cc5sc6ccccc6c45)cc3nc2-c2ccccc2)cc1.c1ccc(-n2c3ccccc3c3ccc(-c4nc(-c5ccc6ccccc6c5)nc(-c5c6ccccc6cc6oc7ccccc7c56)n4)cc32)cc1. The molecule has 0 fully saturated rings. The predicted octanol–water partition coefficient (Wildman–Crippen LogP) is 34.2. The highest BCUT2D eigenvalue weighted by Crippen LogP contribution is 2.49. The van der Waals surface area contributed by atoms with E-state index in [9.17, 15) is 0 Å². The second kappa shape index (κ2) is 33.8. The molecule has 0 bridgehead atoms. The Balaban J connectivity index is 0.000000107. The Hall–Kier alpha value is -18.6. The number of benzene rings is 22. The van der Waals surface area contributed by atoms with Crippen LogP contribution in [0.1, 0.15) is 0 Å². The molecule has 0 saturated heterocycles. The molecule has 0 N–H and O–H groups in total. The third kappa shape index (κ3) is 14.1. The number of thiophene rings is 1. The van der Waals surface area contributed by atoms with Crippen LogP contribution in [0.5, 0.6) is 0 Å². The standard InChI is InChI=1S/C47H28N4O.C45H27N3O.C36H22N2S/c1-2-15-34(16-3-1)51-39-20-10-8-18-36(39)37-25-24-33(27-40(37)51)46-48-45(32-23-22-29-12-4-5-13-30(29)26-32)49-47(50-46)44-35-17-7-6-14-31(35)28-42-43(44)38-19-9-11-21-41(38)52-42;1-2-13-29(14-3-1)33-24-25-37(36-19-9-8-18-35(33)36)44-46-43(32-23-22-28-12-4-5-15-30(28)26-32)47-45(48-44)42-34-17-7-6-16-31(34)27-40-41(42)38-20-10-11-21-39(38)49-40;1-3-11-23(12-4-1)35-36(24-13-5-2-6-14-24)38-30-21-26(19-20-29(30)37-35)33-27-16-8-7-15-25(27)22-32-34(33)28-17-9-10-18-31(28)39-32/h1-28H;1-27H;1-22H. The number of rotatable bonds is 11. The Kier molecular flexibility index (Phi) is 19.5. The maximum Gasteiger partial charge on any atom is 0.165 e. The molecule has 29 aromatic rings. The van der Waals surface area contributed by atoms with Crippen LogP contribution in [0.15, 0.2) is 476 Å². The molecule has 7 heterocycles. The van der Waals surface area contributed by atoms with Gasteiger partial charge in [-0.25, -0.2) is 39.9 Å². The molecule has 652 valence electrons. The van der Waals surface area contributed by atoms with E-state index in [1.54, 1.807) is 0 Å². The van der Waals surface area contributed by atoms with Gasteiger partial charge in [0.15, 0.2) is 34.9 Å². The molecule has 0 radical (unpaired) electrons. The van der Waals surface area contributed by atoms with E-state index in [0.717, 1.165) is 176 Å². The first-order valence-corrected chi connectivity index (χ1v) is 47.8. The van der Waals surface area contributed by atoms with Crippen LogP contribution in [0.3, 0.4) is 0 Å². The Labute approximate surface area is 806 Å². The summed E-state index contributed by atoms with van der Waals surface area (Å²) < 4.78 is 17.8. The second-order valence-electron chi connectivity index (χ2n) is 35.4. The molecule has 0 unspecified atom stereocenters. The summed E-state index contributed by atoms with van der Waals surface area (Å²) in [4.78, 5) is 42.1. The van der Waals surface area contributed by atoms with Gasteiger partial charge in [0.2, 0.25) is 0 Å². The first-order chi connectivity index (χ1) is 69.4. The number of hydrogen-bond acceptors (Lipinski definition) is 11. The third-order valence-corrected chi connectivity index (χ3v) is 28.3. The van der Waals surface area contributed by atoms with Crippen molar-refractivity contribution in [1.29, 1.82) is 0 Å². The van der Waals surface area contributed by atoms with E-state index in [1.165, 1.54) is 69.2 Å². The number of para-hydroxylation sites is 4. The van der Waals surface area contributed by atoms with Crippen LogP contribution >= 0.6 is 11.3 Å². The van der Waals surface area contributed by atoms with Crippen molar-refractivity contribution >= 4 is 173 Å². The molecule has 0 spiro atoms. The second-order valence-corrected chi connectivity index (χ2v) is 36.5. The molecule has 11 nitrogen and oxygen atoms in total.